The Balaban J connectivity index is 3.03. The van der Waals surface area contributed by atoms with Gasteiger partial charge in [0.05, 0.1) is 4.92 Å². The van der Waals surface area contributed by atoms with Crippen molar-refractivity contribution in [3.63, 3.8) is 0 Å². The zero-order chi connectivity index (χ0) is 12.1. The van der Waals surface area contributed by atoms with Crippen molar-refractivity contribution in [1.82, 2.24) is 0 Å². The molecule has 5 heteroatoms. The van der Waals surface area contributed by atoms with Gasteiger partial charge in [-0.3, -0.25) is 10.1 Å². The van der Waals surface area contributed by atoms with E-state index in [0.717, 1.165) is 12.8 Å². The minimum atomic E-state index is -0.444. The fourth-order valence-electron chi connectivity index (χ4n) is 1.59. The van der Waals surface area contributed by atoms with Crippen LogP contribution in [0.15, 0.2) is 18.2 Å². The maximum Gasteiger partial charge on any atom is 0.314 e. The quantitative estimate of drug-likeness (QED) is 0.457. The van der Waals surface area contributed by atoms with Gasteiger partial charge < -0.3 is 11.1 Å². The second kappa shape index (κ2) is 5.34. The first-order valence-corrected chi connectivity index (χ1v) is 5.39. The number of benzene rings is 1. The predicted octanol–water partition coefficient (Wildman–Crippen LogP) is 2.78. The lowest BCUT2D eigenvalue weighted by Gasteiger charge is -2.16. The summed E-state index contributed by atoms with van der Waals surface area (Å²) in [7, 11) is 0. The topological polar surface area (TPSA) is 81.2 Å². The summed E-state index contributed by atoms with van der Waals surface area (Å²) in [5.41, 5.74) is 6.26. The summed E-state index contributed by atoms with van der Waals surface area (Å²) < 4.78 is 0. The number of nitrogens with one attached hydrogen (secondary N) is 1. The van der Waals surface area contributed by atoms with Gasteiger partial charge in [-0.1, -0.05) is 19.9 Å². The number of nitrogens with zero attached hydrogens (tertiary/aromatic N) is 1. The van der Waals surface area contributed by atoms with Crippen LogP contribution in [0.25, 0.3) is 0 Å². The summed E-state index contributed by atoms with van der Waals surface area (Å²) in [6.45, 7) is 4.08. The van der Waals surface area contributed by atoms with E-state index in [2.05, 4.69) is 5.32 Å². The highest BCUT2D eigenvalue weighted by Crippen LogP contribution is 2.31. The van der Waals surface area contributed by atoms with Crippen molar-refractivity contribution in [2.24, 2.45) is 0 Å². The van der Waals surface area contributed by atoms with Crippen molar-refractivity contribution in [3.05, 3.63) is 28.3 Å². The first kappa shape index (κ1) is 12.3. The molecule has 1 aromatic rings. The van der Waals surface area contributed by atoms with Crippen LogP contribution in [0.5, 0.6) is 0 Å². The van der Waals surface area contributed by atoms with Gasteiger partial charge in [-0.15, -0.1) is 0 Å². The number of nitrogen functional groups attached to an aromatic ring is 1. The van der Waals surface area contributed by atoms with Gasteiger partial charge in [0.2, 0.25) is 0 Å². The van der Waals surface area contributed by atoms with Gasteiger partial charge in [0.1, 0.15) is 11.4 Å². The Labute approximate surface area is 94.8 Å². The minimum Gasteiger partial charge on any atom is -0.393 e. The van der Waals surface area contributed by atoms with E-state index in [1.807, 2.05) is 13.8 Å². The zero-order valence-electron chi connectivity index (χ0n) is 9.56. The number of rotatable bonds is 5. The number of nitro benzene ring substituents is 1. The van der Waals surface area contributed by atoms with Gasteiger partial charge in [-0.05, 0) is 25.0 Å². The molecule has 88 valence electrons. The average molecular weight is 223 g/mol. The van der Waals surface area contributed by atoms with Crippen LogP contribution in [0, 0.1) is 10.1 Å². The monoisotopic (exact) mass is 223 g/mol. The van der Waals surface area contributed by atoms with Crippen molar-refractivity contribution >= 4 is 17.1 Å². The number of hydrogen-bond donors (Lipinski definition) is 2. The third-order valence-corrected chi connectivity index (χ3v) is 2.60. The molecule has 16 heavy (non-hydrogen) atoms. The molecule has 5 nitrogen and oxygen atoms in total. The molecule has 0 saturated heterocycles. The number of anilines is 2. The Morgan fingerprint density at radius 3 is 2.56 bits per heavy atom. The minimum absolute atomic E-state index is 0.0330. The first-order valence-electron chi connectivity index (χ1n) is 5.39. The molecule has 3 N–H and O–H groups in total. The molecule has 0 atom stereocenters. The van der Waals surface area contributed by atoms with Crippen LogP contribution in [0.3, 0.4) is 0 Å². The highest BCUT2D eigenvalue weighted by atomic mass is 16.6. The molecule has 1 rings (SSSR count). The Kier molecular flexibility index (Phi) is 4.10. The van der Waals surface area contributed by atoms with Gasteiger partial charge in [0.15, 0.2) is 0 Å². The highest BCUT2D eigenvalue weighted by Gasteiger charge is 2.18. The van der Waals surface area contributed by atoms with Crippen LogP contribution >= 0.6 is 0 Å². The van der Waals surface area contributed by atoms with Crippen LogP contribution in [0.2, 0.25) is 0 Å². The molecule has 0 aliphatic rings. The summed E-state index contributed by atoms with van der Waals surface area (Å²) in [6, 6.07) is 5.18. The number of hydrogen-bond acceptors (Lipinski definition) is 4. The summed E-state index contributed by atoms with van der Waals surface area (Å²) >= 11 is 0. The van der Waals surface area contributed by atoms with Gasteiger partial charge >= 0.3 is 5.69 Å². The van der Waals surface area contributed by atoms with Gasteiger partial charge in [0.25, 0.3) is 0 Å². The normalized spacial score (nSPS) is 10.4. The molecule has 0 heterocycles. The van der Waals surface area contributed by atoms with Gasteiger partial charge in [-0.2, -0.15) is 0 Å². The van der Waals surface area contributed by atoms with Gasteiger partial charge in [0, 0.05) is 6.04 Å². The number of para-hydroxylation sites is 1. The average Bonchev–Trinajstić information content (AvgIpc) is 2.25. The second-order valence-electron chi connectivity index (χ2n) is 3.66. The SMILES string of the molecule is CCC(CC)Nc1cccc(N)c1[N+](=O)[O-]. The van der Waals surface area contributed by atoms with Crippen molar-refractivity contribution in [2.45, 2.75) is 32.7 Å². The smallest absolute Gasteiger partial charge is 0.314 e. The maximum atomic E-state index is 10.9. The Bertz CT molecular complexity index is 375. The molecule has 0 fully saturated rings. The molecule has 0 amide bonds. The molecule has 0 spiro atoms. The largest absolute Gasteiger partial charge is 0.393 e. The van der Waals surface area contributed by atoms with Crippen LogP contribution in [-0.4, -0.2) is 11.0 Å². The van der Waals surface area contributed by atoms with E-state index in [1.165, 1.54) is 6.07 Å². The molecule has 0 radical (unpaired) electrons. The first-order chi connectivity index (χ1) is 7.60. The van der Waals surface area contributed by atoms with Crippen LogP contribution in [-0.2, 0) is 0 Å². The fraction of sp³-hybridized carbons (Fsp3) is 0.455. The van der Waals surface area contributed by atoms with E-state index in [0.29, 0.717) is 5.69 Å². The summed E-state index contributed by atoms with van der Waals surface area (Å²) in [5.74, 6) is 0. The lowest BCUT2D eigenvalue weighted by molar-refractivity contribution is -0.383. The van der Waals surface area contributed by atoms with Crippen molar-refractivity contribution < 1.29 is 4.92 Å². The lowest BCUT2D eigenvalue weighted by Crippen LogP contribution is -2.18. The molecule has 0 aliphatic carbocycles. The van der Waals surface area contributed by atoms with Crippen LogP contribution in [0.1, 0.15) is 26.7 Å². The summed E-state index contributed by atoms with van der Waals surface area (Å²) in [5, 5.41) is 14.0. The third-order valence-electron chi connectivity index (χ3n) is 2.60. The van der Waals surface area contributed by atoms with E-state index in [1.54, 1.807) is 12.1 Å². The maximum absolute atomic E-state index is 10.9. The lowest BCUT2D eigenvalue weighted by atomic mass is 10.1. The Morgan fingerprint density at radius 1 is 1.44 bits per heavy atom. The number of nitrogens with two attached hydrogens (primary N) is 1. The van der Waals surface area contributed by atoms with Crippen LogP contribution < -0.4 is 11.1 Å². The van der Waals surface area contributed by atoms with Crippen molar-refractivity contribution in [1.29, 1.82) is 0 Å². The van der Waals surface area contributed by atoms with E-state index < -0.39 is 4.92 Å². The molecule has 0 saturated carbocycles. The standard InChI is InChI=1S/C11H17N3O2/c1-3-8(4-2)13-10-7-5-6-9(12)11(10)14(15)16/h5-8,13H,3-4,12H2,1-2H3. The van der Waals surface area contributed by atoms with Crippen LogP contribution in [0.4, 0.5) is 17.1 Å². The van der Waals surface area contributed by atoms with Crippen molar-refractivity contribution in [3.8, 4) is 0 Å². The molecular formula is C11H17N3O2. The molecule has 0 bridgehead atoms. The Morgan fingerprint density at radius 2 is 2.06 bits per heavy atom. The molecule has 1 aromatic carbocycles. The molecule has 0 aromatic heterocycles. The molecule has 0 unspecified atom stereocenters. The van der Waals surface area contributed by atoms with E-state index >= 15 is 0 Å². The zero-order valence-corrected chi connectivity index (χ0v) is 9.56. The predicted molar refractivity (Wildman–Crippen MR) is 65.5 cm³/mol. The molecule has 0 aliphatic heterocycles. The fourth-order valence-corrected chi connectivity index (χ4v) is 1.59. The van der Waals surface area contributed by atoms with Crippen molar-refractivity contribution in [2.75, 3.05) is 11.1 Å². The summed E-state index contributed by atoms with van der Waals surface area (Å²) in [6.07, 6.45) is 1.84. The third kappa shape index (κ3) is 2.62. The summed E-state index contributed by atoms with van der Waals surface area (Å²) in [4.78, 5) is 10.4. The Hall–Kier alpha value is -1.78. The second-order valence-corrected chi connectivity index (χ2v) is 3.66. The van der Waals surface area contributed by atoms with Gasteiger partial charge in [-0.25, -0.2) is 0 Å². The number of nitro groups is 1. The van der Waals surface area contributed by atoms with E-state index in [-0.39, 0.29) is 17.4 Å². The van der Waals surface area contributed by atoms with E-state index in [4.69, 9.17) is 5.73 Å². The van der Waals surface area contributed by atoms with E-state index in [9.17, 15) is 10.1 Å². The highest BCUT2D eigenvalue weighted by molar-refractivity contribution is 5.74. The molecular weight excluding hydrogens is 206 g/mol.